The van der Waals surface area contributed by atoms with Crippen molar-refractivity contribution >= 4 is 0 Å². The van der Waals surface area contributed by atoms with Crippen LogP contribution in [0.25, 0.3) is 0 Å². The monoisotopic (exact) mass is 237 g/mol. The van der Waals surface area contributed by atoms with Crippen LogP contribution in [0, 0.1) is 12.8 Å². The average molecular weight is 237 g/mol. The minimum Gasteiger partial charge on any atom is -0.389 e. The first kappa shape index (κ1) is 12.6. The molecule has 96 valence electrons. The van der Waals surface area contributed by atoms with E-state index in [0.29, 0.717) is 6.54 Å². The molecule has 0 amide bonds. The summed E-state index contributed by atoms with van der Waals surface area (Å²) in [6.07, 6.45) is 5.82. The Morgan fingerprint density at radius 1 is 1.53 bits per heavy atom. The molecule has 0 aliphatic heterocycles. The lowest BCUT2D eigenvalue weighted by Gasteiger charge is -2.35. The van der Waals surface area contributed by atoms with Gasteiger partial charge >= 0.3 is 0 Å². The van der Waals surface area contributed by atoms with Crippen molar-refractivity contribution in [3.8, 4) is 0 Å². The first-order valence-electron chi connectivity index (χ1n) is 6.51. The van der Waals surface area contributed by atoms with Gasteiger partial charge in [0.25, 0.3) is 0 Å². The lowest BCUT2D eigenvalue weighted by atomic mass is 9.79. The summed E-state index contributed by atoms with van der Waals surface area (Å²) < 4.78 is 0. The zero-order valence-electron chi connectivity index (χ0n) is 10.8. The fourth-order valence-corrected chi connectivity index (χ4v) is 2.46. The summed E-state index contributed by atoms with van der Waals surface area (Å²) in [5.41, 5.74) is 1.64. The third-order valence-corrected chi connectivity index (χ3v) is 3.89. The van der Waals surface area contributed by atoms with E-state index in [4.69, 9.17) is 0 Å². The first-order valence-corrected chi connectivity index (χ1v) is 6.51. The maximum absolute atomic E-state index is 10.4. The number of hydrogen-bond acceptors (Lipinski definition) is 3. The fraction of sp³-hybridized carbons (Fsp3) is 0.769. The standard InChI is InChI=1S/C13H23N3O/c1-10-3-5-13(17,6-4-10)8-14-7-12-11(2)15-9-16-12/h9-10,14,17H,3-8H2,1-2H3,(H,15,16). The van der Waals surface area contributed by atoms with Gasteiger partial charge in [0.15, 0.2) is 0 Å². The molecule has 17 heavy (non-hydrogen) atoms. The van der Waals surface area contributed by atoms with Crippen molar-refractivity contribution in [3.63, 3.8) is 0 Å². The predicted molar refractivity (Wildman–Crippen MR) is 67.6 cm³/mol. The minimum atomic E-state index is -0.503. The van der Waals surface area contributed by atoms with Crippen LogP contribution >= 0.6 is 0 Å². The maximum Gasteiger partial charge on any atom is 0.0925 e. The molecule has 0 aromatic carbocycles. The number of nitrogens with zero attached hydrogens (tertiary/aromatic N) is 1. The molecule has 2 rings (SSSR count). The molecule has 1 fully saturated rings. The van der Waals surface area contributed by atoms with Gasteiger partial charge in [0.05, 0.1) is 17.6 Å². The van der Waals surface area contributed by atoms with Gasteiger partial charge in [0.1, 0.15) is 0 Å². The van der Waals surface area contributed by atoms with E-state index in [1.807, 2.05) is 6.92 Å². The summed E-state index contributed by atoms with van der Waals surface area (Å²) in [5.74, 6) is 0.767. The van der Waals surface area contributed by atoms with Crippen molar-refractivity contribution < 1.29 is 5.11 Å². The second kappa shape index (κ2) is 5.19. The molecule has 0 atom stereocenters. The van der Waals surface area contributed by atoms with Crippen LogP contribution in [0.5, 0.6) is 0 Å². The van der Waals surface area contributed by atoms with Crippen molar-refractivity contribution in [1.29, 1.82) is 0 Å². The van der Waals surface area contributed by atoms with Gasteiger partial charge in [-0.1, -0.05) is 6.92 Å². The molecule has 0 unspecified atom stereocenters. The van der Waals surface area contributed by atoms with Crippen LogP contribution in [0.15, 0.2) is 6.33 Å². The Morgan fingerprint density at radius 3 is 2.82 bits per heavy atom. The zero-order valence-corrected chi connectivity index (χ0v) is 10.8. The Balaban J connectivity index is 1.76. The van der Waals surface area contributed by atoms with E-state index in [2.05, 4.69) is 22.2 Å². The highest BCUT2D eigenvalue weighted by molar-refractivity contribution is 5.08. The van der Waals surface area contributed by atoms with Crippen LogP contribution in [0.2, 0.25) is 0 Å². The van der Waals surface area contributed by atoms with Gasteiger partial charge in [-0.3, -0.25) is 0 Å². The van der Waals surface area contributed by atoms with Crippen LogP contribution < -0.4 is 5.32 Å². The molecule has 1 aliphatic rings. The summed E-state index contributed by atoms with van der Waals surface area (Å²) in [4.78, 5) is 7.29. The number of aliphatic hydroxyl groups is 1. The van der Waals surface area contributed by atoms with Crippen molar-refractivity contribution in [1.82, 2.24) is 15.3 Å². The Bertz CT molecular complexity index is 353. The van der Waals surface area contributed by atoms with Crippen molar-refractivity contribution in [2.45, 2.75) is 51.7 Å². The normalized spacial score (nSPS) is 29.5. The lowest BCUT2D eigenvalue weighted by molar-refractivity contribution is -0.00635. The second-order valence-corrected chi connectivity index (χ2v) is 5.48. The van der Waals surface area contributed by atoms with Crippen LogP contribution in [0.3, 0.4) is 0 Å². The van der Waals surface area contributed by atoms with E-state index in [1.165, 1.54) is 0 Å². The van der Waals surface area contributed by atoms with Gasteiger partial charge in [-0.2, -0.15) is 0 Å². The van der Waals surface area contributed by atoms with Gasteiger partial charge in [-0.05, 0) is 38.5 Å². The summed E-state index contributed by atoms with van der Waals surface area (Å²) in [5, 5.41) is 13.7. The molecule has 1 aromatic heterocycles. The fourth-order valence-electron chi connectivity index (χ4n) is 2.46. The van der Waals surface area contributed by atoms with Gasteiger partial charge in [0.2, 0.25) is 0 Å². The molecule has 3 N–H and O–H groups in total. The first-order chi connectivity index (χ1) is 8.09. The number of H-pyrrole nitrogens is 1. The molecule has 1 aromatic rings. The number of aryl methyl sites for hydroxylation is 1. The second-order valence-electron chi connectivity index (χ2n) is 5.48. The molecular formula is C13H23N3O. The van der Waals surface area contributed by atoms with Crippen LogP contribution in [0.1, 0.15) is 44.0 Å². The molecule has 0 bridgehead atoms. The van der Waals surface area contributed by atoms with Crippen molar-refractivity contribution in [3.05, 3.63) is 17.7 Å². The van der Waals surface area contributed by atoms with Crippen molar-refractivity contribution in [2.75, 3.05) is 6.54 Å². The molecular weight excluding hydrogens is 214 g/mol. The van der Waals surface area contributed by atoms with Gasteiger partial charge < -0.3 is 15.4 Å². The molecule has 4 heteroatoms. The summed E-state index contributed by atoms with van der Waals surface area (Å²) in [6.45, 7) is 5.68. The molecule has 1 heterocycles. The molecule has 0 spiro atoms. The van der Waals surface area contributed by atoms with E-state index in [1.54, 1.807) is 6.33 Å². The summed E-state index contributed by atoms with van der Waals surface area (Å²) in [7, 11) is 0. The highest BCUT2D eigenvalue weighted by Gasteiger charge is 2.31. The van der Waals surface area contributed by atoms with Gasteiger partial charge in [-0.25, -0.2) is 4.98 Å². The predicted octanol–water partition coefficient (Wildman–Crippen LogP) is 1.75. The Hall–Kier alpha value is -0.870. The number of aromatic amines is 1. The number of hydrogen-bond donors (Lipinski definition) is 3. The molecule has 0 saturated heterocycles. The maximum atomic E-state index is 10.4. The summed E-state index contributed by atoms with van der Waals surface area (Å²) in [6, 6.07) is 0. The van der Waals surface area contributed by atoms with Crippen LogP contribution in [-0.4, -0.2) is 27.2 Å². The third kappa shape index (κ3) is 3.30. The number of nitrogens with one attached hydrogen (secondary N) is 2. The van der Waals surface area contributed by atoms with Gasteiger partial charge in [0, 0.05) is 18.8 Å². The minimum absolute atomic E-state index is 0.503. The molecule has 1 aliphatic carbocycles. The quantitative estimate of drug-likeness (QED) is 0.747. The Kier molecular flexibility index (Phi) is 3.84. The number of rotatable bonds is 4. The Morgan fingerprint density at radius 2 is 2.24 bits per heavy atom. The van der Waals surface area contributed by atoms with E-state index < -0.39 is 5.60 Å². The van der Waals surface area contributed by atoms with E-state index in [-0.39, 0.29) is 0 Å². The molecule has 4 nitrogen and oxygen atoms in total. The number of imidazole rings is 1. The largest absolute Gasteiger partial charge is 0.389 e. The van der Waals surface area contributed by atoms with Crippen molar-refractivity contribution in [2.24, 2.45) is 5.92 Å². The topological polar surface area (TPSA) is 60.9 Å². The SMILES string of the molecule is Cc1[nH]cnc1CNCC1(O)CCC(C)CC1. The molecule has 1 saturated carbocycles. The van der Waals surface area contributed by atoms with E-state index in [9.17, 15) is 5.11 Å². The third-order valence-electron chi connectivity index (χ3n) is 3.89. The Labute approximate surface area is 103 Å². The molecule has 0 radical (unpaired) electrons. The van der Waals surface area contributed by atoms with Crippen LogP contribution in [0.4, 0.5) is 0 Å². The highest BCUT2D eigenvalue weighted by Crippen LogP contribution is 2.31. The van der Waals surface area contributed by atoms with E-state index >= 15 is 0 Å². The summed E-state index contributed by atoms with van der Waals surface area (Å²) >= 11 is 0. The van der Waals surface area contributed by atoms with E-state index in [0.717, 1.165) is 49.5 Å². The lowest BCUT2D eigenvalue weighted by Crippen LogP contribution is -2.43. The smallest absolute Gasteiger partial charge is 0.0925 e. The highest BCUT2D eigenvalue weighted by atomic mass is 16.3. The van der Waals surface area contributed by atoms with Crippen LogP contribution in [-0.2, 0) is 6.54 Å². The zero-order chi connectivity index (χ0) is 12.3. The van der Waals surface area contributed by atoms with Gasteiger partial charge in [-0.15, -0.1) is 0 Å². The number of aromatic nitrogens is 2. The average Bonchev–Trinajstić information content (AvgIpc) is 2.70.